The van der Waals surface area contributed by atoms with Gasteiger partial charge < -0.3 is 4.74 Å². The van der Waals surface area contributed by atoms with Crippen molar-refractivity contribution in [2.45, 2.75) is 26.4 Å². The Morgan fingerprint density at radius 3 is 2.59 bits per heavy atom. The molecule has 1 aromatic rings. The second kappa shape index (κ2) is 7.56. The summed E-state index contributed by atoms with van der Waals surface area (Å²) in [4.78, 5) is 28.2. The number of hydrogen-bond donors (Lipinski definition) is 1. The molecule has 0 aliphatic carbocycles. The first-order valence-electron chi connectivity index (χ1n) is 6.67. The standard InChI is InChI=1S/C15H21N3O4/c1-15(2,3)22-14(20)17-16-10-11-7-6-8-12(9-11)13(19)18(4)21-5/h6-10H,1-5H3,(H,17,20)/b16-10+. The summed E-state index contributed by atoms with van der Waals surface area (Å²) in [6.07, 6.45) is 0.781. The van der Waals surface area contributed by atoms with Gasteiger partial charge in [-0.25, -0.2) is 15.3 Å². The van der Waals surface area contributed by atoms with Crippen molar-refractivity contribution < 1.29 is 19.2 Å². The van der Waals surface area contributed by atoms with E-state index in [0.29, 0.717) is 11.1 Å². The number of carbonyl (C=O) groups is 2. The van der Waals surface area contributed by atoms with Crippen molar-refractivity contribution in [3.8, 4) is 0 Å². The number of ether oxygens (including phenoxy) is 1. The van der Waals surface area contributed by atoms with Crippen LogP contribution < -0.4 is 5.43 Å². The third-order valence-corrected chi connectivity index (χ3v) is 2.46. The van der Waals surface area contributed by atoms with Gasteiger partial charge in [-0.3, -0.25) is 9.63 Å². The van der Waals surface area contributed by atoms with E-state index in [1.807, 2.05) is 0 Å². The Hall–Kier alpha value is -2.41. The first-order valence-corrected chi connectivity index (χ1v) is 6.67. The Morgan fingerprint density at radius 1 is 1.32 bits per heavy atom. The lowest BCUT2D eigenvalue weighted by atomic mass is 10.1. The quantitative estimate of drug-likeness (QED) is 0.683. The minimum absolute atomic E-state index is 0.280. The van der Waals surface area contributed by atoms with E-state index in [-0.39, 0.29) is 5.91 Å². The summed E-state index contributed by atoms with van der Waals surface area (Å²) in [5.74, 6) is -0.280. The van der Waals surface area contributed by atoms with Crippen LogP contribution in [-0.2, 0) is 9.57 Å². The minimum atomic E-state index is -0.643. The third kappa shape index (κ3) is 5.92. The fourth-order valence-corrected chi connectivity index (χ4v) is 1.48. The Balaban J connectivity index is 2.69. The Bertz CT molecular complexity index is 564. The lowest BCUT2D eigenvalue weighted by molar-refractivity contribution is -0.0757. The topological polar surface area (TPSA) is 80.2 Å². The van der Waals surface area contributed by atoms with Crippen LogP contribution in [0.15, 0.2) is 29.4 Å². The molecule has 0 radical (unpaired) electrons. The van der Waals surface area contributed by atoms with Gasteiger partial charge in [0, 0.05) is 12.6 Å². The van der Waals surface area contributed by atoms with E-state index >= 15 is 0 Å². The third-order valence-electron chi connectivity index (χ3n) is 2.46. The van der Waals surface area contributed by atoms with E-state index in [2.05, 4.69) is 10.5 Å². The van der Waals surface area contributed by atoms with Crippen LogP contribution in [0.25, 0.3) is 0 Å². The normalized spacial score (nSPS) is 11.3. The summed E-state index contributed by atoms with van der Waals surface area (Å²) in [6, 6.07) is 6.77. The molecule has 0 fully saturated rings. The van der Waals surface area contributed by atoms with Gasteiger partial charge in [-0.05, 0) is 38.5 Å². The lowest BCUT2D eigenvalue weighted by Crippen LogP contribution is -2.29. The van der Waals surface area contributed by atoms with Crippen molar-refractivity contribution in [2.24, 2.45) is 5.10 Å². The number of hydrazone groups is 1. The second-order valence-electron chi connectivity index (χ2n) is 5.48. The molecule has 0 aromatic heterocycles. The molecule has 120 valence electrons. The van der Waals surface area contributed by atoms with Crippen LogP contribution in [0.4, 0.5) is 4.79 Å². The number of hydrogen-bond acceptors (Lipinski definition) is 5. The van der Waals surface area contributed by atoms with E-state index in [1.54, 1.807) is 45.0 Å². The maximum absolute atomic E-state index is 11.9. The molecule has 0 spiro atoms. The van der Waals surface area contributed by atoms with Crippen LogP contribution in [0.5, 0.6) is 0 Å². The molecule has 2 amide bonds. The molecule has 1 rings (SSSR count). The van der Waals surface area contributed by atoms with Gasteiger partial charge in [0.25, 0.3) is 5.91 Å². The van der Waals surface area contributed by atoms with Gasteiger partial charge in [0.05, 0.1) is 13.3 Å². The number of carbonyl (C=O) groups excluding carboxylic acids is 2. The van der Waals surface area contributed by atoms with Gasteiger partial charge in [0.2, 0.25) is 0 Å². The summed E-state index contributed by atoms with van der Waals surface area (Å²) in [7, 11) is 2.93. The molecular weight excluding hydrogens is 286 g/mol. The molecule has 7 heteroatoms. The van der Waals surface area contributed by atoms with E-state index < -0.39 is 11.7 Å². The predicted octanol–water partition coefficient (Wildman–Crippen LogP) is 2.18. The van der Waals surface area contributed by atoms with Gasteiger partial charge in [-0.2, -0.15) is 5.10 Å². The maximum atomic E-state index is 11.9. The summed E-state index contributed by atoms with van der Waals surface area (Å²) >= 11 is 0. The zero-order valence-electron chi connectivity index (χ0n) is 13.4. The molecule has 7 nitrogen and oxygen atoms in total. The van der Waals surface area contributed by atoms with Crippen LogP contribution in [0, 0.1) is 0 Å². The largest absolute Gasteiger partial charge is 0.443 e. The molecule has 0 unspecified atom stereocenters. The molecule has 1 aromatic carbocycles. The Kier molecular flexibility index (Phi) is 6.06. The molecule has 0 saturated carbocycles. The summed E-state index contributed by atoms with van der Waals surface area (Å²) in [5, 5.41) is 4.91. The predicted molar refractivity (Wildman–Crippen MR) is 82.5 cm³/mol. The van der Waals surface area contributed by atoms with Crippen LogP contribution in [-0.4, -0.2) is 43.0 Å². The number of benzene rings is 1. The number of amides is 2. The van der Waals surface area contributed by atoms with Crippen molar-refractivity contribution >= 4 is 18.2 Å². The second-order valence-corrected chi connectivity index (χ2v) is 5.48. The molecule has 0 aliphatic heterocycles. The zero-order valence-corrected chi connectivity index (χ0v) is 13.4. The van der Waals surface area contributed by atoms with Crippen LogP contribution >= 0.6 is 0 Å². The van der Waals surface area contributed by atoms with Gasteiger partial charge in [0.1, 0.15) is 5.60 Å². The zero-order chi connectivity index (χ0) is 16.8. The average Bonchev–Trinajstić information content (AvgIpc) is 2.44. The average molecular weight is 307 g/mol. The molecular formula is C15H21N3O4. The highest BCUT2D eigenvalue weighted by Gasteiger charge is 2.15. The molecule has 1 N–H and O–H groups in total. The first-order chi connectivity index (χ1) is 10.2. The molecule has 0 heterocycles. The van der Waals surface area contributed by atoms with E-state index in [9.17, 15) is 9.59 Å². The lowest BCUT2D eigenvalue weighted by Gasteiger charge is -2.18. The van der Waals surface area contributed by atoms with Crippen molar-refractivity contribution in [2.75, 3.05) is 14.2 Å². The van der Waals surface area contributed by atoms with Crippen molar-refractivity contribution in [3.05, 3.63) is 35.4 Å². The van der Waals surface area contributed by atoms with Crippen LogP contribution in [0.3, 0.4) is 0 Å². The number of nitrogens with zero attached hydrogens (tertiary/aromatic N) is 2. The molecule has 0 atom stereocenters. The molecule has 22 heavy (non-hydrogen) atoms. The highest BCUT2D eigenvalue weighted by atomic mass is 16.7. The summed E-state index contributed by atoms with van der Waals surface area (Å²) < 4.78 is 5.04. The van der Waals surface area contributed by atoms with Crippen molar-refractivity contribution in [1.82, 2.24) is 10.5 Å². The summed E-state index contributed by atoms with van der Waals surface area (Å²) in [5.41, 5.74) is 2.78. The minimum Gasteiger partial charge on any atom is -0.443 e. The van der Waals surface area contributed by atoms with Gasteiger partial charge in [-0.15, -0.1) is 0 Å². The maximum Gasteiger partial charge on any atom is 0.428 e. The van der Waals surface area contributed by atoms with Crippen molar-refractivity contribution in [3.63, 3.8) is 0 Å². The SMILES string of the molecule is CON(C)C(=O)c1cccc(/C=N/NC(=O)OC(C)(C)C)c1. The van der Waals surface area contributed by atoms with E-state index in [0.717, 1.165) is 5.06 Å². The summed E-state index contributed by atoms with van der Waals surface area (Å²) in [6.45, 7) is 5.28. The Labute approximate surface area is 129 Å². The number of rotatable bonds is 4. The van der Waals surface area contributed by atoms with Crippen LogP contribution in [0.1, 0.15) is 36.7 Å². The fourth-order valence-electron chi connectivity index (χ4n) is 1.48. The first kappa shape index (κ1) is 17.6. The molecule has 0 bridgehead atoms. The molecule has 0 saturated heterocycles. The monoisotopic (exact) mass is 307 g/mol. The highest BCUT2D eigenvalue weighted by Crippen LogP contribution is 2.07. The fraction of sp³-hybridized carbons (Fsp3) is 0.400. The van der Waals surface area contributed by atoms with Gasteiger partial charge in [-0.1, -0.05) is 12.1 Å². The van der Waals surface area contributed by atoms with Crippen molar-refractivity contribution in [1.29, 1.82) is 0 Å². The number of hydroxylamine groups is 2. The van der Waals surface area contributed by atoms with Crippen LogP contribution in [0.2, 0.25) is 0 Å². The van der Waals surface area contributed by atoms with Gasteiger partial charge >= 0.3 is 6.09 Å². The Morgan fingerprint density at radius 2 is 2.00 bits per heavy atom. The smallest absolute Gasteiger partial charge is 0.428 e. The van der Waals surface area contributed by atoms with Gasteiger partial charge in [0.15, 0.2) is 0 Å². The molecule has 0 aliphatic rings. The highest BCUT2D eigenvalue weighted by molar-refractivity contribution is 5.95. The van der Waals surface area contributed by atoms with E-state index in [1.165, 1.54) is 20.4 Å². The van der Waals surface area contributed by atoms with E-state index in [4.69, 9.17) is 9.57 Å². The number of nitrogens with one attached hydrogen (secondary N) is 1.